The minimum atomic E-state index is 0.560. The highest BCUT2D eigenvalue weighted by molar-refractivity contribution is 5.34. The van der Waals surface area contributed by atoms with Crippen LogP contribution in [0.1, 0.15) is 52.4 Å². The molecule has 2 unspecified atom stereocenters. The summed E-state index contributed by atoms with van der Waals surface area (Å²) in [7, 11) is 0. The van der Waals surface area contributed by atoms with Gasteiger partial charge >= 0.3 is 0 Å². The topological polar surface area (TPSA) is 0 Å². The lowest BCUT2D eigenvalue weighted by molar-refractivity contribution is 0.289. The Morgan fingerprint density at radius 3 is 2.69 bits per heavy atom. The van der Waals surface area contributed by atoms with Gasteiger partial charge in [-0.25, -0.2) is 0 Å². The van der Waals surface area contributed by atoms with Crippen molar-refractivity contribution in [3.8, 4) is 0 Å². The van der Waals surface area contributed by atoms with Gasteiger partial charge in [-0.3, -0.25) is 0 Å². The summed E-state index contributed by atoms with van der Waals surface area (Å²) in [5.74, 6) is 2.85. The fourth-order valence-electron chi connectivity index (χ4n) is 3.47. The van der Waals surface area contributed by atoms with Gasteiger partial charge in [-0.15, -0.1) is 0 Å². The van der Waals surface area contributed by atoms with Crippen LogP contribution in [-0.2, 0) is 0 Å². The van der Waals surface area contributed by atoms with Crippen molar-refractivity contribution in [2.24, 2.45) is 23.2 Å². The highest BCUT2D eigenvalue weighted by Gasteiger charge is 2.47. The van der Waals surface area contributed by atoms with E-state index in [1.807, 2.05) is 0 Å². The molecule has 88 valence electrons. The van der Waals surface area contributed by atoms with E-state index in [-0.39, 0.29) is 0 Å². The predicted molar refractivity (Wildman–Crippen MR) is 69.2 cm³/mol. The molecule has 0 aliphatic heterocycles. The fraction of sp³-hybridized carbons (Fsp3) is 0.750. The molecule has 0 radical (unpaired) electrons. The van der Waals surface area contributed by atoms with Crippen LogP contribution >= 0.6 is 0 Å². The summed E-state index contributed by atoms with van der Waals surface area (Å²) >= 11 is 0. The van der Waals surface area contributed by atoms with Crippen molar-refractivity contribution in [1.82, 2.24) is 0 Å². The maximum Gasteiger partial charge on any atom is -0.00741 e. The van der Waals surface area contributed by atoms with Crippen LogP contribution in [0, 0.1) is 23.2 Å². The normalized spacial score (nSPS) is 46.1. The van der Waals surface area contributed by atoms with E-state index >= 15 is 0 Å². The van der Waals surface area contributed by atoms with E-state index in [0.717, 1.165) is 17.8 Å². The standard InChI is InChI=1S/C16H24/c1-12-3-5-13(6-4-12)9-14-7-8-16(2)11-15(16)10-14/h7-8,10,12-13,15H,3-6,9,11H2,1-2H3. The molecule has 2 saturated carbocycles. The molecule has 3 rings (SSSR count). The first-order chi connectivity index (χ1) is 7.66. The molecule has 0 heterocycles. The largest absolute Gasteiger partial charge is 0.0777 e. The first kappa shape index (κ1) is 10.6. The zero-order valence-electron chi connectivity index (χ0n) is 10.7. The third kappa shape index (κ3) is 1.99. The Bertz CT molecular complexity index is 328. The van der Waals surface area contributed by atoms with E-state index in [9.17, 15) is 0 Å². The van der Waals surface area contributed by atoms with Crippen molar-refractivity contribution in [1.29, 1.82) is 0 Å². The second kappa shape index (κ2) is 3.75. The maximum atomic E-state index is 2.57. The number of allylic oxidation sites excluding steroid dienone is 4. The van der Waals surface area contributed by atoms with Crippen LogP contribution in [0.15, 0.2) is 23.8 Å². The first-order valence-electron chi connectivity index (χ1n) is 7.06. The summed E-state index contributed by atoms with van der Waals surface area (Å²) in [6.45, 7) is 4.80. The first-order valence-corrected chi connectivity index (χ1v) is 7.06. The number of hydrogen-bond donors (Lipinski definition) is 0. The average molecular weight is 216 g/mol. The highest BCUT2D eigenvalue weighted by Crippen LogP contribution is 2.57. The zero-order valence-corrected chi connectivity index (χ0v) is 10.7. The van der Waals surface area contributed by atoms with Gasteiger partial charge in [0.05, 0.1) is 0 Å². The van der Waals surface area contributed by atoms with Gasteiger partial charge in [0, 0.05) is 0 Å². The molecule has 0 aromatic carbocycles. The molecule has 0 N–H and O–H groups in total. The zero-order chi connectivity index (χ0) is 11.2. The van der Waals surface area contributed by atoms with E-state index in [1.54, 1.807) is 5.57 Å². The van der Waals surface area contributed by atoms with E-state index in [2.05, 4.69) is 32.1 Å². The molecule has 0 nitrogen and oxygen atoms in total. The average Bonchev–Trinajstić information content (AvgIpc) is 2.93. The van der Waals surface area contributed by atoms with Crippen LogP contribution in [0.3, 0.4) is 0 Å². The van der Waals surface area contributed by atoms with Crippen molar-refractivity contribution >= 4 is 0 Å². The Balaban J connectivity index is 1.56. The molecule has 0 amide bonds. The Morgan fingerprint density at radius 1 is 1.25 bits per heavy atom. The van der Waals surface area contributed by atoms with Gasteiger partial charge in [0.2, 0.25) is 0 Å². The Labute approximate surface area is 99.8 Å². The van der Waals surface area contributed by atoms with Crippen molar-refractivity contribution in [2.45, 2.75) is 52.4 Å². The van der Waals surface area contributed by atoms with Crippen LogP contribution in [0.25, 0.3) is 0 Å². The SMILES string of the molecule is CC1CCC(CC2=CC3CC3(C)C=C2)CC1. The van der Waals surface area contributed by atoms with Crippen LogP contribution < -0.4 is 0 Å². The summed E-state index contributed by atoms with van der Waals surface area (Å²) in [4.78, 5) is 0. The third-order valence-electron chi connectivity index (χ3n) is 5.10. The number of rotatable bonds is 2. The molecular formula is C16H24. The molecule has 0 saturated heterocycles. The van der Waals surface area contributed by atoms with Gasteiger partial charge in [-0.05, 0) is 48.9 Å². The Kier molecular flexibility index (Phi) is 2.49. The summed E-state index contributed by atoms with van der Waals surface area (Å²) in [6.07, 6.45) is 16.1. The van der Waals surface area contributed by atoms with Crippen LogP contribution in [0.4, 0.5) is 0 Å². The van der Waals surface area contributed by atoms with Crippen molar-refractivity contribution in [3.63, 3.8) is 0 Å². The van der Waals surface area contributed by atoms with Crippen LogP contribution in [-0.4, -0.2) is 0 Å². The monoisotopic (exact) mass is 216 g/mol. The van der Waals surface area contributed by atoms with Gasteiger partial charge in [0.25, 0.3) is 0 Å². The fourth-order valence-corrected chi connectivity index (χ4v) is 3.47. The van der Waals surface area contributed by atoms with Gasteiger partial charge in [-0.2, -0.15) is 0 Å². The molecule has 0 bridgehead atoms. The van der Waals surface area contributed by atoms with Crippen LogP contribution in [0.2, 0.25) is 0 Å². The van der Waals surface area contributed by atoms with Crippen molar-refractivity contribution < 1.29 is 0 Å². The van der Waals surface area contributed by atoms with E-state index in [0.29, 0.717) is 5.41 Å². The van der Waals surface area contributed by atoms with Gasteiger partial charge in [0.1, 0.15) is 0 Å². The minimum absolute atomic E-state index is 0.560. The summed E-state index contributed by atoms with van der Waals surface area (Å²) in [5.41, 5.74) is 2.20. The number of fused-ring (bicyclic) bond motifs is 1. The molecule has 0 aromatic heterocycles. The van der Waals surface area contributed by atoms with Crippen molar-refractivity contribution in [2.75, 3.05) is 0 Å². The summed E-state index contributed by atoms with van der Waals surface area (Å²) in [5, 5.41) is 0. The molecule has 3 aliphatic carbocycles. The molecule has 2 atom stereocenters. The smallest absolute Gasteiger partial charge is 0.00741 e. The maximum absolute atomic E-state index is 2.57. The molecule has 0 heteroatoms. The van der Waals surface area contributed by atoms with E-state index < -0.39 is 0 Å². The molecular weight excluding hydrogens is 192 g/mol. The second-order valence-corrected chi connectivity index (χ2v) is 6.72. The van der Waals surface area contributed by atoms with E-state index in [4.69, 9.17) is 0 Å². The Morgan fingerprint density at radius 2 is 2.00 bits per heavy atom. The molecule has 0 spiro atoms. The third-order valence-corrected chi connectivity index (χ3v) is 5.10. The highest BCUT2D eigenvalue weighted by atomic mass is 14.5. The molecule has 0 aromatic rings. The second-order valence-electron chi connectivity index (χ2n) is 6.72. The van der Waals surface area contributed by atoms with E-state index in [1.165, 1.54) is 38.5 Å². The number of hydrogen-bond acceptors (Lipinski definition) is 0. The minimum Gasteiger partial charge on any atom is -0.0777 e. The van der Waals surface area contributed by atoms with Crippen LogP contribution in [0.5, 0.6) is 0 Å². The molecule has 16 heavy (non-hydrogen) atoms. The Hall–Kier alpha value is -0.520. The lowest BCUT2D eigenvalue weighted by Crippen LogP contribution is -2.13. The van der Waals surface area contributed by atoms with Crippen molar-refractivity contribution in [3.05, 3.63) is 23.8 Å². The van der Waals surface area contributed by atoms with Gasteiger partial charge in [0.15, 0.2) is 0 Å². The summed E-state index contributed by atoms with van der Waals surface area (Å²) < 4.78 is 0. The quantitative estimate of drug-likeness (QED) is 0.626. The van der Waals surface area contributed by atoms with Gasteiger partial charge < -0.3 is 0 Å². The summed E-state index contributed by atoms with van der Waals surface area (Å²) in [6, 6.07) is 0. The lowest BCUT2D eigenvalue weighted by Gasteiger charge is -2.27. The molecule has 2 fully saturated rings. The van der Waals surface area contributed by atoms with Gasteiger partial charge in [-0.1, -0.05) is 50.5 Å². The lowest BCUT2D eigenvalue weighted by atomic mass is 9.79. The predicted octanol–water partition coefficient (Wildman–Crippen LogP) is 4.73. The molecule has 3 aliphatic rings.